The summed E-state index contributed by atoms with van der Waals surface area (Å²) < 4.78 is 11.0. The van der Waals surface area contributed by atoms with E-state index in [2.05, 4.69) is 21.3 Å². The molecule has 45 heavy (non-hydrogen) atoms. The summed E-state index contributed by atoms with van der Waals surface area (Å²) in [5.41, 5.74) is 4.10. The lowest BCUT2D eigenvalue weighted by Gasteiger charge is -2.30. The number of morpholine rings is 1. The molecule has 0 saturated carbocycles. The molecule has 3 amide bonds. The number of hydrogen-bond acceptors (Lipinski definition) is 6. The largest absolute Gasteiger partial charge is 0.453 e. The quantitative estimate of drug-likeness (QED) is 0.189. The van der Waals surface area contributed by atoms with Crippen LogP contribution in [0.25, 0.3) is 0 Å². The normalized spacial score (nSPS) is 16.8. The number of hydrogen-bond donors (Lipinski definition) is 4. The number of aryl methyl sites for hydroxylation is 1. The van der Waals surface area contributed by atoms with Crippen molar-refractivity contribution < 1.29 is 23.9 Å². The van der Waals surface area contributed by atoms with Crippen molar-refractivity contribution in [1.29, 1.82) is 0 Å². The van der Waals surface area contributed by atoms with Crippen molar-refractivity contribution in [3.63, 3.8) is 0 Å². The molecule has 9 heteroatoms. The number of amides is 3. The lowest BCUT2D eigenvalue weighted by Crippen LogP contribution is -2.52. The molecule has 4 aromatic carbocycles. The van der Waals surface area contributed by atoms with Gasteiger partial charge in [-0.25, -0.2) is 4.79 Å². The fraction of sp³-hybridized carbons (Fsp3) is 0.250. The van der Waals surface area contributed by atoms with Crippen LogP contribution in [0.4, 0.5) is 16.2 Å². The Morgan fingerprint density at radius 2 is 1.42 bits per heavy atom. The predicted octanol–water partition coefficient (Wildman–Crippen LogP) is 5.11. The van der Waals surface area contributed by atoms with E-state index < -0.39 is 24.1 Å². The molecule has 0 spiro atoms. The summed E-state index contributed by atoms with van der Waals surface area (Å²) in [4.78, 5) is 39.1. The third-order valence-corrected chi connectivity index (χ3v) is 7.85. The van der Waals surface area contributed by atoms with Gasteiger partial charge in [0.25, 0.3) is 0 Å². The zero-order valence-corrected chi connectivity index (χ0v) is 25.1. The first kappa shape index (κ1) is 31.4. The third kappa shape index (κ3) is 8.56. The highest BCUT2D eigenvalue weighted by Crippen LogP contribution is 2.30. The van der Waals surface area contributed by atoms with Gasteiger partial charge in [-0.1, -0.05) is 97.1 Å². The van der Waals surface area contributed by atoms with Gasteiger partial charge < -0.3 is 30.7 Å². The van der Waals surface area contributed by atoms with Crippen molar-refractivity contribution in [2.45, 2.75) is 36.9 Å². The van der Waals surface area contributed by atoms with Crippen LogP contribution in [0.3, 0.4) is 0 Å². The molecule has 1 aliphatic heterocycles. The minimum absolute atomic E-state index is 0.0937. The highest BCUT2D eigenvalue weighted by atomic mass is 16.5. The second-order valence-corrected chi connectivity index (χ2v) is 10.9. The van der Waals surface area contributed by atoms with Crippen LogP contribution >= 0.6 is 0 Å². The van der Waals surface area contributed by atoms with Crippen LogP contribution in [0, 0.1) is 0 Å². The van der Waals surface area contributed by atoms with Gasteiger partial charge in [0.2, 0.25) is 11.8 Å². The van der Waals surface area contributed by atoms with E-state index in [0.29, 0.717) is 25.1 Å². The number of methoxy groups -OCH3 is 1. The Hall–Kier alpha value is -4.99. The summed E-state index contributed by atoms with van der Waals surface area (Å²) in [6.45, 7) is 0.797. The van der Waals surface area contributed by atoms with E-state index in [1.807, 2.05) is 115 Å². The monoisotopic (exact) mass is 606 g/mol. The maximum Gasteiger partial charge on any atom is 0.407 e. The van der Waals surface area contributed by atoms with Gasteiger partial charge in [0, 0.05) is 23.8 Å². The second-order valence-electron chi connectivity index (χ2n) is 10.9. The average molecular weight is 607 g/mol. The molecular formula is C36H38N4O5. The molecule has 4 aromatic rings. The predicted molar refractivity (Wildman–Crippen MR) is 174 cm³/mol. The summed E-state index contributed by atoms with van der Waals surface area (Å²) >= 11 is 0. The van der Waals surface area contributed by atoms with E-state index in [-0.39, 0.29) is 24.5 Å². The molecule has 0 aromatic heterocycles. The Morgan fingerprint density at radius 1 is 0.822 bits per heavy atom. The van der Waals surface area contributed by atoms with Crippen molar-refractivity contribution in [1.82, 2.24) is 10.6 Å². The number of carbonyl (C=O) groups is 3. The van der Waals surface area contributed by atoms with Gasteiger partial charge in [-0.3, -0.25) is 9.59 Å². The maximum atomic E-state index is 14.0. The van der Waals surface area contributed by atoms with Crippen molar-refractivity contribution in [2.75, 3.05) is 30.9 Å². The molecule has 1 heterocycles. The zero-order chi connectivity index (χ0) is 31.4. The molecule has 5 rings (SSSR count). The molecular weight excluding hydrogens is 568 g/mol. The number of ether oxygens (including phenoxy) is 2. The Kier molecular flexibility index (Phi) is 10.9. The number of para-hydroxylation sites is 2. The minimum atomic E-state index is -0.958. The number of alkyl carbamates (subject to hydrolysis) is 1. The van der Waals surface area contributed by atoms with E-state index in [1.54, 1.807) is 0 Å². The van der Waals surface area contributed by atoms with E-state index in [9.17, 15) is 14.4 Å². The summed E-state index contributed by atoms with van der Waals surface area (Å²) in [5.74, 6) is -0.965. The molecule has 1 saturated heterocycles. The van der Waals surface area contributed by atoms with Crippen LogP contribution in [-0.4, -0.2) is 56.4 Å². The van der Waals surface area contributed by atoms with E-state index in [4.69, 9.17) is 9.47 Å². The van der Waals surface area contributed by atoms with E-state index >= 15 is 0 Å². The molecule has 0 bridgehead atoms. The van der Waals surface area contributed by atoms with Gasteiger partial charge in [0.15, 0.2) is 0 Å². The fourth-order valence-corrected chi connectivity index (χ4v) is 5.50. The highest BCUT2D eigenvalue weighted by molar-refractivity contribution is 5.98. The summed E-state index contributed by atoms with van der Waals surface area (Å²) in [6, 6.07) is 34.8. The van der Waals surface area contributed by atoms with Crippen molar-refractivity contribution in [3.05, 3.63) is 132 Å². The standard InChI is InChI=1S/C36H38N4O5/c1-44-36(43)40-33(32(26-14-5-2-6-15-26)27-16-7-3-8-17-27)35(42)39-30-20-12-11-13-25(30)21-22-29-23-37-31(24-45-29)34(41)38-28-18-9-4-10-19-28/h2-20,29,31-33,37H,21-24H2,1H3,(H,38,41)(H,39,42)(H,40,43)/t29-,31+,33+/m1/s1. The van der Waals surface area contributed by atoms with Crippen LogP contribution in [0.15, 0.2) is 115 Å². The maximum absolute atomic E-state index is 14.0. The highest BCUT2D eigenvalue weighted by Gasteiger charge is 2.33. The van der Waals surface area contributed by atoms with Gasteiger partial charge in [-0.2, -0.15) is 0 Å². The van der Waals surface area contributed by atoms with Gasteiger partial charge in [0.1, 0.15) is 12.1 Å². The minimum Gasteiger partial charge on any atom is -0.453 e. The van der Waals surface area contributed by atoms with Crippen molar-refractivity contribution >= 4 is 29.3 Å². The summed E-state index contributed by atoms with van der Waals surface area (Å²) in [6.07, 6.45) is 0.536. The van der Waals surface area contributed by atoms with E-state index in [1.165, 1.54) is 7.11 Å². The van der Waals surface area contributed by atoms with Crippen LogP contribution in [-0.2, 0) is 25.5 Å². The molecule has 1 aliphatic rings. The first-order chi connectivity index (χ1) is 22.0. The van der Waals surface area contributed by atoms with Crippen LogP contribution in [0.5, 0.6) is 0 Å². The second kappa shape index (κ2) is 15.7. The number of rotatable bonds is 11. The number of anilines is 2. The molecule has 0 aliphatic carbocycles. The van der Waals surface area contributed by atoms with Gasteiger partial charge in [-0.05, 0) is 47.7 Å². The van der Waals surface area contributed by atoms with Gasteiger partial charge in [-0.15, -0.1) is 0 Å². The molecule has 0 unspecified atom stereocenters. The van der Waals surface area contributed by atoms with Gasteiger partial charge in [0.05, 0.1) is 19.8 Å². The Balaban J connectivity index is 1.25. The van der Waals surface area contributed by atoms with Gasteiger partial charge >= 0.3 is 6.09 Å². The van der Waals surface area contributed by atoms with Crippen LogP contribution in [0.1, 0.15) is 29.0 Å². The SMILES string of the molecule is COC(=O)N[C@H](C(=O)Nc1ccccc1CC[C@@H]1CN[C@H](C(=O)Nc2ccccc2)CO1)C(c1ccccc1)c1ccccc1. The van der Waals surface area contributed by atoms with E-state index in [0.717, 1.165) is 22.4 Å². The number of benzene rings is 4. The molecule has 3 atom stereocenters. The summed E-state index contributed by atoms with van der Waals surface area (Å²) in [7, 11) is 1.28. The lowest BCUT2D eigenvalue weighted by molar-refractivity contribution is -0.122. The van der Waals surface area contributed by atoms with Crippen LogP contribution < -0.4 is 21.3 Å². The third-order valence-electron chi connectivity index (χ3n) is 7.85. The number of nitrogens with one attached hydrogen (secondary N) is 4. The Bertz CT molecular complexity index is 1500. The average Bonchev–Trinajstić information content (AvgIpc) is 3.09. The molecule has 9 nitrogen and oxygen atoms in total. The number of carbonyl (C=O) groups excluding carboxylic acids is 3. The van der Waals surface area contributed by atoms with Crippen molar-refractivity contribution in [2.24, 2.45) is 0 Å². The smallest absolute Gasteiger partial charge is 0.407 e. The summed E-state index contributed by atoms with van der Waals surface area (Å²) in [5, 5.41) is 12.1. The first-order valence-corrected chi connectivity index (χ1v) is 15.1. The molecule has 1 fully saturated rings. The van der Waals surface area contributed by atoms with Crippen LogP contribution in [0.2, 0.25) is 0 Å². The molecule has 0 radical (unpaired) electrons. The fourth-order valence-electron chi connectivity index (χ4n) is 5.50. The first-order valence-electron chi connectivity index (χ1n) is 15.1. The Labute approximate surface area is 263 Å². The lowest BCUT2D eigenvalue weighted by atomic mass is 9.84. The molecule has 4 N–H and O–H groups in total. The topological polar surface area (TPSA) is 118 Å². The molecule has 232 valence electrons. The Morgan fingerprint density at radius 3 is 2.02 bits per heavy atom. The van der Waals surface area contributed by atoms with Crippen molar-refractivity contribution in [3.8, 4) is 0 Å². The zero-order valence-electron chi connectivity index (χ0n) is 25.1.